The first-order valence-corrected chi connectivity index (χ1v) is 4.32. The number of carboxylic acid groups (broad SMARTS) is 1. The lowest BCUT2D eigenvalue weighted by Gasteiger charge is -2.10. The zero-order valence-corrected chi connectivity index (χ0v) is 8.49. The van der Waals surface area contributed by atoms with Gasteiger partial charge < -0.3 is 5.11 Å². The smallest absolute Gasteiger partial charge is 0.417 e. The van der Waals surface area contributed by atoms with Crippen molar-refractivity contribution in [1.29, 1.82) is 0 Å². The van der Waals surface area contributed by atoms with E-state index in [1.54, 1.807) is 0 Å². The molecule has 2 nitrogen and oxygen atoms in total. The minimum absolute atomic E-state index is 0.233. The summed E-state index contributed by atoms with van der Waals surface area (Å²) in [6, 6.07) is 0.748. The van der Waals surface area contributed by atoms with Crippen LogP contribution in [0.3, 0.4) is 0 Å². The molecule has 1 aromatic carbocycles. The van der Waals surface area contributed by atoms with E-state index in [1.807, 2.05) is 0 Å². The van der Waals surface area contributed by atoms with Gasteiger partial charge in [-0.2, -0.15) is 13.2 Å². The van der Waals surface area contributed by atoms with E-state index in [0.29, 0.717) is 6.07 Å². The van der Waals surface area contributed by atoms with Gasteiger partial charge >= 0.3 is 12.1 Å². The van der Waals surface area contributed by atoms with Gasteiger partial charge in [-0.15, -0.1) is 0 Å². The first kappa shape index (κ1) is 12.0. The molecule has 0 aromatic heterocycles. The first-order chi connectivity index (χ1) is 6.73. The number of carbonyl (C=O) groups is 1. The Bertz CT molecular complexity index is 414. The highest BCUT2D eigenvalue weighted by Gasteiger charge is 2.35. The molecule has 0 aliphatic rings. The third-order valence-corrected chi connectivity index (χ3v) is 2.43. The van der Waals surface area contributed by atoms with Gasteiger partial charge in [-0.05, 0) is 28.1 Å². The van der Waals surface area contributed by atoms with E-state index in [2.05, 4.69) is 15.9 Å². The van der Waals surface area contributed by atoms with Crippen LogP contribution in [-0.4, -0.2) is 11.1 Å². The van der Waals surface area contributed by atoms with Crippen molar-refractivity contribution in [2.45, 2.75) is 6.18 Å². The van der Waals surface area contributed by atoms with Crippen LogP contribution >= 0.6 is 15.9 Å². The summed E-state index contributed by atoms with van der Waals surface area (Å²) in [5.74, 6) is -2.88. The molecule has 1 aromatic rings. The topological polar surface area (TPSA) is 37.3 Å². The molecule has 0 fully saturated rings. The van der Waals surface area contributed by atoms with Crippen LogP contribution in [0, 0.1) is 5.82 Å². The largest absolute Gasteiger partial charge is 0.478 e. The monoisotopic (exact) mass is 286 g/mol. The molecule has 0 radical (unpaired) electrons. The standard InChI is InChI=1S/C8H3BrF4O2/c9-6-4(7(14)15)1-3(10)2-5(6)8(11,12)13/h1-2H,(H,14,15). The fourth-order valence-corrected chi connectivity index (χ4v) is 1.57. The van der Waals surface area contributed by atoms with Crippen molar-refractivity contribution in [2.75, 3.05) is 0 Å². The number of alkyl halides is 3. The molecule has 0 heterocycles. The summed E-state index contributed by atoms with van der Waals surface area (Å²) in [5, 5.41) is 8.52. The molecule has 0 spiro atoms. The maximum absolute atomic E-state index is 12.7. The Kier molecular flexibility index (Phi) is 3.03. The molecule has 0 aliphatic heterocycles. The molecule has 0 unspecified atom stereocenters. The van der Waals surface area contributed by atoms with Crippen LogP contribution in [0.2, 0.25) is 0 Å². The molecule has 0 atom stereocenters. The SMILES string of the molecule is O=C(O)c1cc(F)cc(C(F)(F)F)c1Br. The third kappa shape index (κ3) is 2.47. The quantitative estimate of drug-likeness (QED) is 0.805. The zero-order valence-electron chi connectivity index (χ0n) is 6.90. The molecule has 0 bridgehead atoms. The summed E-state index contributed by atoms with van der Waals surface area (Å²) in [7, 11) is 0. The molecule has 1 rings (SSSR count). The average molecular weight is 287 g/mol. The molecular formula is C8H3BrF4O2. The van der Waals surface area contributed by atoms with Crippen LogP contribution < -0.4 is 0 Å². The molecule has 0 aliphatic carbocycles. The fourth-order valence-electron chi connectivity index (χ4n) is 0.951. The molecule has 15 heavy (non-hydrogen) atoms. The highest BCUT2D eigenvalue weighted by atomic mass is 79.9. The Morgan fingerprint density at radius 3 is 2.27 bits per heavy atom. The van der Waals surface area contributed by atoms with E-state index in [9.17, 15) is 22.4 Å². The van der Waals surface area contributed by atoms with Gasteiger partial charge in [0.05, 0.1) is 11.1 Å². The second kappa shape index (κ2) is 3.80. The number of benzene rings is 1. The van der Waals surface area contributed by atoms with Crippen LogP contribution in [0.25, 0.3) is 0 Å². The van der Waals surface area contributed by atoms with Crippen molar-refractivity contribution < 1.29 is 27.5 Å². The molecule has 82 valence electrons. The van der Waals surface area contributed by atoms with Crippen LogP contribution in [0.4, 0.5) is 17.6 Å². The highest BCUT2D eigenvalue weighted by Crippen LogP contribution is 2.37. The van der Waals surface area contributed by atoms with Crippen molar-refractivity contribution in [3.63, 3.8) is 0 Å². The van der Waals surface area contributed by atoms with E-state index in [0.717, 1.165) is 0 Å². The zero-order chi connectivity index (χ0) is 11.8. The first-order valence-electron chi connectivity index (χ1n) is 3.53. The number of aromatic carboxylic acids is 1. The maximum Gasteiger partial charge on any atom is 0.417 e. The van der Waals surface area contributed by atoms with E-state index in [1.165, 1.54) is 0 Å². The van der Waals surface area contributed by atoms with E-state index >= 15 is 0 Å². The third-order valence-electron chi connectivity index (χ3n) is 1.57. The van der Waals surface area contributed by atoms with Crippen LogP contribution in [0.15, 0.2) is 16.6 Å². The average Bonchev–Trinajstić information content (AvgIpc) is 2.06. The normalized spacial score (nSPS) is 11.5. The molecule has 0 amide bonds. The van der Waals surface area contributed by atoms with Crippen molar-refractivity contribution in [1.82, 2.24) is 0 Å². The summed E-state index contributed by atoms with van der Waals surface area (Å²) in [4.78, 5) is 10.5. The molecule has 7 heteroatoms. The summed E-state index contributed by atoms with van der Waals surface area (Å²) < 4.78 is 48.9. The molecule has 0 saturated heterocycles. The van der Waals surface area contributed by atoms with Crippen LogP contribution in [0.1, 0.15) is 15.9 Å². The lowest BCUT2D eigenvalue weighted by molar-refractivity contribution is -0.138. The van der Waals surface area contributed by atoms with E-state index < -0.39 is 33.6 Å². The number of hydrogen-bond acceptors (Lipinski definition) is 1. The maximum atomic E-state index is 12.7. The van der Waals surface area contributed by atoms with Crippen molar-refractivity contribution in [3.8, 4) is 0 Å². The van der Waals surface area contributed by atoms with Gasteiger partial charge in [0, 0.05) is 4.47 Å². The fraction of sp³-hybridized carbons (Fsp3) is 0.125. The van der Waals surface area contributed by atoms with Gasteiger partial charge in [0.2, 0.25) is 0 Å². The minimum atomic E-state index is -4.80. The lowest BCUT2D eigenvalue weighted by atomic mass is 10.1. The van der Waals surface area contributed by atoms with Gasteiger partial charge in [-0.25, -0.2) is 9.18 Å². The van der Waals surface area contributed by atoms with Crippen molar-refractivity contribution in [2.24, 2.45) is 0 Å². The van der Waals surface area contributed by atoms with Crippen LogP contribution in [0.5, 0.6) is 0 Å². The second-order valence-corrected chi connectivity index (χ2v) is 3.41. The summed E-state index contributed by atoms with van der Waals surface area (Å²) in [6.45, 7) is 0. The summed E-state index contributed by atoms with van der Waals surface area (Å²) in [6.07, 6.45) is -4.80. The van der Waals surface area contributed by atoms with Gasteiger partial charge in [0.25, 0.3) is 0 Å². The molecular weight excluding hydrogens is 284 g/mol. The predicted octanol–water partition coefficient (Wildman–Crippen LogP) is 3.31. The number of carboxylic acids is 1. The van der Waals surface area contributed by atoms with Gasteiger partial charge in [-0.1, -0.05) is 0 Å². The summed E-state index contributed by atoms with van der Waals surface area (Å²) in [5.41, 5.74) is -2.11. The number of rotatable bonds is 1. The minimum Gasteiger partial charge on any atom is -0.478 e. The Balaban J connectivity index is 3.49. The molecule has 0 saturated carbocycles. The Labute approximate surface area is 89.6 Å². The number of halogens is 5. The highest BCUT2D eigenvalue weighted by molar-refractivity contribution is 9.10. The van der Waals surface area contributed by atoms with Gasteiger partial charge in [0.1, 0.15) is 5.82 Å². The van der Waals surface area contributed by atoms with Crippen LogP contribution in [-0.2, 0) is 6.18 Å². The summed E-state index contributed by atoms with van der Waals surface area (Å²) >= 11 is 2.48. The Morgan fingerprint density at radius 2 is 1.87 bits per heavy atom. The van der Waals surface area contributed by atoms with Gasteiger partial charge in [-0.3, -0.25) is 0 Å². The molecule has 1 N–H and O–H groups in total. The van der Waals surface area contributed by atoms with E-state index in [4.69, 9.17) is 5.11 Å². The van der Waals surface area contributed by atoms with Crippen molar-refractivity contribution >= 4 is 21.9 Å². The van der Waals surface area contributed by atoms with Crippen molar-refractivity contribution in [3.05, 3.63) is 33.5 Å². The Hall–Kier alpha value is -1.11. The number of hydrogen-bond donors (Lipinski definition) is 1. The Morgan fingerprint density at radius 1 is 1.33 bits per heavy atom. The second-order valence-electron chi connectivity index (χ2n) is 2.62. The predicted molar refractivity (Wildman–Crippen MR) is 46.1 cm³/mol. The van der Waals surface area contributed by atoms with E-state index in [-0.39, 0.29) is 6.07 Å². The lowest BCUT2D eigenvalue weighted by Crippen LogP contribution is -2.10. The van der Waals surface area contributed by atoms with Gasteiger partial charge in [0.15, 0.2) is 0 Å².